The van der Waals surface area contributed by atoms with E-state index >= 15 is 0 Å². The number of pyridine rings is 1. The molecule has 0 aliphatic rings. The van der Waals surface area contributed by atoms with Crippen LogP contribution in [0.3, 0.4) is 0 Å². The number of amides is 1. The van der Waals surface area contributed by atoms with Crippen molar-refractivity contribution in [2.75, 3.05) is 11.4 Å². The van der Waals surface area contributed by atoms with Crippen LogP contribution in [0.25, 0.3) is 10.3 Å². The molecule has 1 N–H and O–H groups in total. The van der Waals surface area contributed by atoms with Crippen molar-refractivity contribution in [3.8, 4) is 6.07 Å². The largest absolute Gasteiger partial charge is 0.481 e. The van der Waals surface area contributed by atoms with Crippen LogP contribution in [0.4, 0.5) is 5.82 Å². The van der Waals surface area contributed by atoms with Gasteiger partial charge < -0.3 is 5.11 Å². The molecule has 0 unspecified atom stereocenters. The van der Waals surface area contributed by atoms with Gasteiger partial charge in [0.05, 0.1) is 11.6 Å². The molecule has 3 rings (SSSR count). The number of carboxylic acid groups (broad SMARTS) is 1. The van der Waals surface area contributed by atoms with Crippen molar-refractivity contribution in [3.63, 3.8) is 0 Å². The lowest BCUT2D eigenvalue weighted by Crippen LogP contribution is -2.32. The van der Waals surface area contributed by atoms with Crippen LogP contribution in [0, 0.1) is 11.3 Å². The van der Waals surface area contributed by atoms with E-state index < -0.39 is 5.97 Å². The van der Waals surface area contributed by atoms with Gasteiger partial charge in [0.25, 0.3) is 5.91 Å². The smallest absolute Gasteiger partial charge is 0.303 e. The highest BCUT2D eigenvalue weighted by Gasteiger charge is 2.20. The van der Waals surface area contributed by atoms with Crippen molar-refractivity contribution < 1.29 is 14.7 Å². The highest BCUT2D eigenvalue weighted by molar-refractivity contribution is 7.82. The second kappa shape index (κ2) is 8.82. The van der Waals surface area contributed by atoms with Crippen molar-refractivity contribution in [3.05, 3.63) is 47.5 Å². The number of hydrogen-bond acceptors (Lipinski definition) is 7. The van der Waals surface area contributed by atoms with E-state index in [0.717, 1.165) is 0 Å². The summed E-state index contributed by atoms with van der Waals surface area (Å²) in [6.45, 7) is 0.331. The van der Waals surface area contributed by atoms with E-state index in [0.29, 0.717) is 51.0 Å². The normalized spacial score (nSPS) is 10.6. The van der Waals surface area contributed by atoms with E-state index in [1.165, 1.54) is 16.2 Å². The monoisotopic (exact) mass is 412 g/mol. The maximum Gasteiger partial charge on any atom is 0.303 e. The highest BCUT2D eigenvalue weighted by atomic mass is 32.2. The zero-order valence-corrected chi connectivity index (χ0v) is 16.4. The van der Waals surface area contributed by atoms with Crippen LogP contribution >= 0.6 is 24.0 Å². The Hall–Kier alpha value is -2.96. The number of anilines is 1. The molecule has 0 bridgehead atoms. The van der Waals surface area contributed by atoms with Crippen molar-refractivity contribution in [1.29, 1.82) is 5.26 Å². The molecule has 28 heavy (non-hydrogen) atoms. The molecule has 0 fully saturated rings. The molecule has 2 heterocycles. The van der Waals surface area contributed by atoms with Crippen LogP contribution in [0.5, 0.6) is 0 Å². The standard InChI is InChI=1S/C19H16N4O3S2/c20-11-12-4-6-13(7-5-12)18(26)23(10-2-1-3-16(24)25)15-9-8-14-17(22-15)28-19(27)21-14/h4-9H,1-3,10H2,(H,21,27)(H,24,25). The van der Waals surface area contributed by atoms with Crippen molar-refractivity contribution in [2.24, 2.45) is 0 Å². The Labute approximate surface area is 170 Å². The molecular formula is C19H16N4O3S2. The second-order valence-corrected chi connectivity index (χ2v) is 7.69. The summed E-state index contributed by atoms with van der Waals surface area (Å²) in [6.07, 6.45) is 1.02. The van der Waals surface area contributed by atoms with Crippen molar-refractivity contribution in [1.82, 2.24) is 9.97 Å². The molecule has 9 heteroatoms. The van der Waals surface area contributed by atoms with Crippen LogP contribution < -0.4 is 4.90 Å². The summed E-state index contributed by atoms with van der Waals surface area (Å²) in [5.41, 5.74) is 1.60. The fraction of sp³-hybridized carbons (Fsp3) is 0.211. The summed E-state index contributed by atoms with van der Waals surface area (Å²) < 4.78 is 0.589. The number of carboxylic acids is 1. The lowest BCUT2D eigenvalue weighted by molar-refractivity contribution is -0.137. The minimum absolute atomic E-state index is 0.0449. The SMILES string of the molecule is N#Cc1ccc(C(=O)N(CCCCC(=O)O)c2ccc3nc(S)sc3n2)cc1. The van der Waals surface area contributed by atoms with E-state index in [1.54, 1.807) is 36.4 Å². The Balaban J connectivity index is 1.89. The minimum Gasteiger partial charge on any atom is -0.481 e. The molecule has 3 aromatic rings. The number of aromatic nitrogens is 2. The average Bonchev–Trinajstić information content (AvgIpc) is 3.06. The maximum atomic E-state index is 13.1. The van der Waals surface area contributed by atoms with E-state index in [9.17, 15) is 9.59 Å². The Morgan fingerprint density at radius 2 is 1.89 bits per heavy atom. The van der Waals surface area contributed by atoms with Gasteiger partial charge in [-0.05, 0) is 49.2 Å². The maximum absolute atomic E-state index is 13.1. The van der Waals surface area contributed by atoms with Gasteiger partial charge in [0.2, 0.25) is 0 Å². The number of unbranched alkanes of at least 4 members (excludes halogenated alkanes) is 1. The number of thiazole rings is 1. The Bertz CT molecular complexity index is 1060. The zero-order valence-electron chi connectivity index (χ0n) is 14.7. The number of aliphatic carboxylic acids is 1. The molecule has 0 radical (unpaired) electrons. The third-order valence-electron chi connectivity index (χ3n) is 4.03. The highest BCUT2D eigenvalue weighted by Crippen LogP contribution is 2.26. The third kappa shape index (κ3) is 4.65. The molecule has 0 aliphatic heterocycles. The average molecular weight is 412 g/mol. The summed E-state index contributed by atoms with van der Waals surface area (Å²) >= 11 is 5.56. The number of thiol groups is 1. The molecule has 0 spiro atoms. The summed E-state index contributed by atoms with van der Waals surface area (Å²) in [5, 5.41) is 17.8. The number of nitriles is 1. The first-order valence-electron chi connectivity index (χ1n) is 8.48. The van der Waals surface area contributed by atoms with Gasteiger partial charge in [-0.15, -0.1) is 12.6 Å². The fourth-order valence-electron chi connectivity index (χ4n) is 2.66. The zero-order chi connectivity index (χ0) is 20.1. The van der Waals surface area contributed by atoms with Crippen LogP contribution in [-0.4, -0.2) is 33.5 Å². The van der Waals surface area contributed by atoms with Gasteiger partial charge in [-0.1, -0.05) is 11.3 Å². The summed E-state index contributed by atoms with van der Waals surface area (Å²) in [5.74, 6) is -0.660. The summed E-state index contributed by atoms with van der Waals surface area (Å²) in [6, 6.07) is 11.9. The summed E-state index contributed by atoms with van der Waals surface area (Å²) in [4.78, 5) is 34.8. The van der Waals surface area contributed by atoms with Crippen LogP contribution in [0.1, 0.15) is 35.2 Å². The van der Waals surface area contributed by atoms with Gasteiger partial charge in [-0.3, -0.25) is 14.5 Å². The Morgan fingerprint density at radius 3 is 2.57 bits per heavy atom. The number of rotatable bonds is 7. The molecule has 1 aromatic carbocycles. The second-order valence-electron chi connectivity index (χ2n) is 5.99. The number of fused-ring (bicyclic) bond motifs is 1. The lowest BCUT2D eigenvalue weighted by atomic mass is 10.1. The predicted molar refractivity (Wildman–Crippen MR) is 109 cm³/mol. The molecule has 2 aromatic heterocycles. The van der Waals surface area contributed by atoms with E-state index in [-0.39, 0.29) is 12.3 Å². The van der Waals surface area contributed by atoms with Gasteiger partial charge in [-0.2, -0.15) is 5.26 Å². The van der Waals surface area contributed by atoms with Gasteiger partial charge in [0.15, 0.2) is 0 Å². The molecule has 0 saturated carbocycles. The quantitative estimate of drug-likeness (QED) is 0.452. The molecule has 142 valence electrons. The minimum atomic E-state index is -0.865. The van der Waals surface area contributed by atoms with Crippen LogP contribution in [0.2, 0.25) is 0 Å². The number of carbonyl (C=O) groups is 2. The first kappa shape index (κ1) is 19.8. The molecule has 0 atom stereocenters. The lowest BCUT2D eigenvalue weighted by Gasteiger charge is -2.22. The summed E-state index contributed by atoms with van der Waals surface area (Å²) in [7, 11) is 0. The number of hydrogen-bond donors (Lipinski definition) is 2. The number of benzene rings is 1. The Morgan fingerprint density at radius 1 is 1.14 bits per heavy atom. The molecular weight excluding hydrogens is 396 g/mol. The van der Waals surface area contributed by atoms with Crippen molar-refractivity contribution >= 4 is 52.0 Å². The van der Waals surface area contributed by atoms with Crippen LogP contribution in [0.15, 0.2) is 40.7 Å². The number of carbonyl (C=O) groups excluding carboxylic acids is 1. The molecule has 0 aliphatic carbocycles. The van der Waals surface area contributed by atoms with Gasteiger partial charge in [0.1, 0.15) is 20.5 Å². The first-order chi connectivity index (χ1) is 13.5. The van der Waals surface area contributed by atoms with Crippen molar-refractivity contribution in [2.45, 2.75) is 23.6 Å². The third-order valence-corrected chi connectivity index (χ3v) is 5.18. The van der Waals surface area contributed by atoms with Crippen LogP contribution in [-0.2, 0) is 4.79 Å². The van der Waals surface area contributed by atoms with E-state index in [1.807, 2.05) is 6.07 Å². The van der Waals surface area contributed by atoms with Gasteiger partial charge in [0, 0.05) is 18.5 Å². The molecule has 0 saturated heterocycles. The number of nitrogens with zero attached hydrogens (tertiary/aromatic N) is 4. The molecule has 7 nitrogen and oxygen atoms in total. The van der Waals surface area contributed by atoms with Gasteiger partial charge in [-0.25, -0.2) is 9.97 Å². The van der Waals surface area contributed by atoms with E-state index in [2.05, 4.69) is 22.6 Å². The molecule has 1 amide bonds. The van der Waals surface area contributed by atoms with E-state index in [4.69, 9.17) is 10.4 Å². The van der Waals surface area contributed by atoms with Gasteiger partial charge >= 0.3 is 5.97 Å². The first-order valence-corrected chi connectivity index (χ1v) is 9.74. The fourth-order valence-corrected chi connectivity index (χ4v) is 3.70. The Kier molecular flexibility index (Phi) is 6.23. The predicted octanol–water partition coefficient (Wildman–Crippen LogP) is 3.75. The topological polar surface area (TPSA) is 107 Å².